The Labute approximate surface area is 160 Å². The zero-order chi connectivity index (χ0) is 18.4. The van der Waals surface area contributed by atoms with E-state index in [-0.39, 0.29) is 17.7 Å². The summed E-state index contributed by atoms with van der Waals surface area (Å²) in [7, 11) is 0. The predicted molar refractivity (Wildman–Crippen MR) is 103 cm³/mol. The van der Waals surface area contributed by atoms with Gasteiger partial charge in [-0.05, 0) is 24.6 Å². The minimum atomic E-state index is -0.127. The van der Waals surface area contributed by atoms with E-state index in [9.17, 15) is 4.79 Å². The van der Waals surface area contributed by atoms with Crippen LogP contribution in [0.5, 0.6) is 11.5 Å². The number of nitrogens with zero attached hydrogens (tertiary/aromatic N) is 2. The highest BCUT2D eigenvalue weighted by atomic mass is 32.2. The van der Waals surface area contributed by atoms with Crippen molar-refractivity contribution in [3.8, 4) is 11.5 Å². The van der Waals surface area contributed by atoms with Gasteiger partial charge in [0.1, 0.15) is 13.2 Å². The number of ether oxygens (including phenoxy) is 2. The Bertz CT molecular complexity index is 781. The Morgan fingerprint density at radius 2 is 2.19 bits per heavy atom. The molecule has 2 aromatic rings. The molecule has 0 radical (unpaired) electrons. The molecule has 0 spiro atoms. The molecule has 1 atom stereocenters. The molecule has 1 amide bonds. The lowest BCUT2D eigenvalue weighted by Gasteiger charge is -2.21. The second-order valence-corrected chi connectivity index (χ2v) is 7.72. The summed E-state index contributed by atoms with van der Waals surface area (Å²) in [5, 5.41) is 14.8. The quantitative estimate of drug-likeness (QED) is 0.528. The number of aromatic nitrogens is 2. The molecular weight excluding hydrogens is 372 g/mol. The number of rotatable bonds is 8. The molecule has 0 saturated heterocycles. The van der Waals surface area contributed by atoms with Crippen LogP contribution < -0.4 is 20.1 Å². The Morgan fingerprint density at radius 1 is 1.38 bits per heavy atom. The molecule has 1 aromatic heterocycles. The summed E-state index contributed by atoms with van der Waals surface area (Å²) in [6, 6.07) is 5.60. The van der Waals surface area contributed by atoms with Crippen LogP contribution in [0.3, 0.4) is 0 Å². The number of carbonyl (C=O) groups is 1. The lowest BCUT2D eigenvalue weighted by Crippen LogP contribution is -2.28. The maximum Gasteiger partial charge on any atom is 0.230 e. The normalized spacial score (nSPS) is 13.7. The summed E-state index contributed by atoms with van der Waals surface area (Å²) in [6.07, 6.45) is 1.75. The SMILES string of the molecule is C=CCNc1nnc(SCC(=O)N[C@H](C)c2ccc3c(c2)OCCO3)s1. The third kappa shape index (κ3) is 4.89. The van der Waals surface area contributed by atoms with Crippen molar-refractivity contribution < 1.29 is 14.3 Å². The van der Waals surface area contributed by atoms with Crippen LogP contribution in [0.1, 0.15) is 18.5 Å². The van der Waals surface area contributed by atoms with E-state index in [0.29, 0.717) is 19.8 Å². The predicted octanol–water partition coefficient (Wildman–Crippen LogP) is 2.88. The smallest absolute Gasteiger partial charge is 0.230 e. The maximum absolute atomic E-state index is 12.2. The van der Waals surface area contributed by atoms with E-state index < -0.39 is 0 Å². The molecule has 7 nitrogen and oxygen atoms in total. The van der Waals surface area contributed by atoms with Crippen molar-refractivity contribution in [2.45, 2.75) is 17.3 Å². The van der Waals surface area contributed by atoms with Crippen LogP contribution in [0.2, 0.25) is 0 Å². The van der Waals surface area contributed by atoms with Crippen molar-refractivity contribution in [3.05, 3.63) is 36.4 Å². The van der Waals surface area contributed by atoms with E-state index in [4.69, 9.17) is 9.47 Å². The van der Waals surface area contributed by atoms with Crippen molar-refractivity contribution >= 4 is 34.1 Å². The van der Waals surface area contributed by atoms with Gasteiger partial charge in [-0.1, -0.05) is 35.2 Å². The number of thioether (sulfide) groups is 1. The molecule has 1 aromatic carbocycles. The molecular formula is C17H20N4O3S2. The third-order valence-electron chi connectivity index (χ3n) is 3.57. The number of nitrogens with one attached hydrogen (secondary N) is 2. The van der Waals surface area contributed by atoms with E-state index >= 15 is 0 Å². The number of benzene rings is 1. The monoisotopic (exact) mass is 392 g/mol. The molecule has 9 heteroatoms. The highest BCUT2D eigenvalue weighted by molar-refractivity contribution is 8.01. The van der Waals surface area contributed by atoms with E-state index in [2.05, 4.69) is 27.4 Å². The molecule has 2 heterocycles. The minimum absolute atomic E-state index is 0.0619. The first kappa shape index (κ1) is 18.5. The Hall–Kier alpha value is -2.26. The number of amides is 1. The van der Waals surface area contributed by atoms with Crippen LogP contribution in [-0.4, -0.2) is 41.6 Å². The van der Waals surface area contributed by atoms with Crippen LogP contribution in [0.4, 0.5) is 5.13 Å². The average Bonchev–Trinajstić information content (AvgIpc) is 3.12. The zero-order valence-corrected chi connectivity index (χ0v) is 16.0. The van der Waals surface area contributed by atoms with E-state index in [1.807, 2.05) is 25.1 Å². The van der Waals surface area contributed by atoms with Crippen molar-refractivity contribution in [1.29, 1.82) is 0 Å². The van der Waals surface area contributed by atoms with E-state index in [1.54, 1.807) is 6.08 Å². The lowest BCUT2D eigenvalue weighted by atomic mass is 10.1. The van der Waals surface area contributed by atoms with Crippen LogP contribution >= 0.6 is 23.1 Å². The maximum atomic E-state index is 12.2. The van der Waals surface area contributed by atoms with Gasteiger partial charge in [-0.15, -0.1) is 16.8 Å². The molecule has 26 heavy (non-hydrogen) atoms. The second kappa shape index (κ2) is 8.91. The topological polar surface area (TPSA) is 85.4 Å². The molecule has 0 unspecified atom stereocenters. The lowest BCUT2D eigenvalue weighted by molar-refractivity contribution is -0.119. The van der Waals surface area contributed by atoms with Gasteiger partial charge >= 0.3 is 0 Å². The van der Waals surface area contributed by atoms with Gasteiger partial charge < -0.3 is 20.1 Å². The summed E-state index contributed by atoms with van der Waals surface area (Å²) in [5.41, 5.74) is 0.972. The van der Waals surface area contributed by atoms with Crippen LogP contribution in [0, 0.1) is 0 Å². The van der Waals surface area contributed by atoms with Gasteiger partial charge in [-0.3, -0.25) is 4.79 Å². The minimum Gasteiger partial charge on any atom is -0.486 e. The van der Waals surface area contributed by atoms with Gasteiger partial charge in [-0.2, -0.15) is 0 Å². The van der Waals surface area contributed by atoms with Gasteiger partial charge in [0.05, 0.1) is 11.8 Å². The van der Waals surface area contributed by atoms with Gasteiger partial charge in [0.25, 0.3) is 0 Å². The zero-order valence-electron chi connectivity index (χ0n) is 14.4. The van der Waals surface area contributed by atoms with E-state index in [1.165, 1.54) is 23.1 Å². The fraction of sp³-hybridized carbons (Fsp3) is 0.353. The third-order valence-corrected chi connectivity index (χ3v) is 5.59. The number of hydrogen-bond donors (Lipinski definition) is 2. The summed E-state index contributed by atoms with van der Waals surface area (Å²) in [6.45, 7) is 7.31. The second-order valence-electron chi connectivity index (χ2n) is 5.52. The first-order valence-corrected chi connectivity index (χ1v) is 9.96. The van der Waals surface area contributed by atoms with Crippen molar-refractivity contribution in [1.82, 2.24) is 15.5 Å². The van der Waals surface area contributed by atoms with E-state index in [0.717, 1.165) is 26.5 Å². The standard InChI is InChI=1S/C17H20N4O3S2/c1-3-6-18-16-20-21-17(26-16)25-10-15(22)19-11(2)12-4-5-13-14(9-12)24-8-7-23-13/h3-5,9,11H,1,6-8,10H2,2H3,(H,18,20)(H,19,22)/t11-/m1/s1. The van der Waals surface area contributed by atoms with Gasteiger partial charge in [0, 0.05) is 6.54 Å². The highest BCUT2D eigenvalue weighted by Crippen LogP contribution is 2.32. The number of carbonyl (C=O) groups excluding carboxylic acids is 1. The van der Waals surface area contributed by atoms with Gasteiger partial charge in [0.2, 0.25) is 11.0 Å². The average molecular weight is 393 g/mol. The Morgan fingerprint density at radius 3 is 3.00 bits per heavy atom. The van der Waals surface area contributed by atoms with Crippen molar-refractivity contribution in [2.24, 2.45) is 0 Å². The molecule has 138 valence electrons. The molecule has 0 bridgehead atoms. The number of fused-ring (bicyclic) bond motifs is 1. The largest absolute Gasteiger partial charge is 0.486 e. The summed E-state index contributed by atoms with van der Waals surface area (Å²) < 4.78 is 11.9. The molecule has 0 fully saturated rings. The molecule has 2 N–H and O–H groups in total. The Balaban J connectivity index is 1.49. The first-order valence-electron chi connectivity index (χ1n) is 8.15. The molecule has 0 saturated carbocycles. The molecule has 0 aliphatic carbocycles. The number of anilines is 1. The summed E-state index contributed by atoms with van der Waals surface area (Å²) in [5.74, 6) is 1.68. The molecule has 3 rings (SSSR count). The Kier molecular flexibility index (Phi) is 6.35. The van der Waals surface area contributed by atoms with Gasteiger partial charge in [0.15, 0.2) is 15.8 Å². The highest BCUT2D eigenvalue weighted by Gasteiger charge is 2.16. The molecule has 1 aliphatic heterocycles. The van der Waals surface area contributed by atoms with Gasteiger partial charge in [-0.25, -0.2) is 0 Å². The van der Waals surface area contributed by atoms with Crippen LogP contribution in [0.25, 0.3) is 0 Å². The number of hydrogen-bond acceptors (Lipinski definition) is 8. The van der Waals surface area contributed by atoms with Crippen molar-refractivity contribution in [2.75, 3.05) is 30.8 Å². The summed E-state index contributed by atoms with van der Waals surface area (Å²) >= 11 is 2.78. The fourth-order valence-corrected chi connectivity index (χ4v) is 3.89. The van der Waals surface area contributed by atoms with Crippen LogP contribution in [-0.2, 0) is 4.79 Å². The summed E-state index contributed by atoms with van der Waals surface area (Å²) in [4.78, 5) is 12.2. The first-order chi connectivity index (χ1) is 12.7. The fourth-order valence-electron chi connectivity index (χ4n) is 2.32. The van der Waals surface area contributed by atoms with Crippen molar-refractivity contribution in [3.63, 3.8) is 0 Å². The van der Waals surface area contributed by atoms with Crippen LogP contribution in [0.15, 0.2) is 35.2 Å². The molecule has 1 aliphatic rings.